The minimum atomic E-state index is -0.318. The van der Waals surface area contributed by atoms with E-state index >= 15 is 0 Å². The van der Waals surface area contributed by atoms with Crippen molar-refractivity contribution in [1.82, 2.24) is 0 Å². The van der Waals surface area contributed by atoms with Crippen molar-refractivity contribution in [3.63, 3.8) is 0 Å². The standard InChI is InChI=1S/C54H36O6S6/c1-58-52(55)49-25-22-46(64-49)43-19-16-40(61-43)34-10-4-31(5-11-34)37-28-38(32-6-12-35(13-7-32)41-17-20-44(62-41)47-23-26-50(65-47)53(56)59-2)30-39(29-37)33-8-14-36(15-9-33)42-18-21-45(63-42)48-24-27-51(66-48)54(57)60-3/h4-30H,1-3H3. The highest BCUT2D eigenvalue weighted by Gasteiger charge is 2.17. The maximum Gasteiger partial charge on any atom is 0.348 e. The van der Waals surface area contributed by atoms with E-state index < -0.39 is 0 Å². The molecule has 0 aliphatic carbocycles. The van der Waals surface area contributed by atoms with Crippen LogP contribution in [0.15, 0.2) is 164 Å². The lowest BCUT2D eigenvalue weighted by Crippen LogP contribution is -1.96. The first-order chi connectivity index (χ1) is 32.2. The van der Waals surface area contributed by atoms with Gasteiger partial charge in [0.25, 0.3) is 0 Å². The van der Waals surface area contributed by atoms with E-state index in [0.29, 0.717) is 14.6 Å². The largest absolute Gasteiger partial charge is 0.465 e. The third kappa shape index (κ3) is 8.91. The van der Waals surface area contributed by atoms with E-state index in [2.05, 4.69) is 127 Å². The van der Waals surface area contributed by atoms with Crippen molar-refractivity contribution >= 4 is 85.9 Å². The highest BCUT2D eigenvalue weighted by atomic mass is 32.1. The van der Waals surface area contributed by atoms with E-state index in [-0.39, 0.29) is 17.9 Å². The van der Waals surface area contributed by atoms with Crippen molar-refractivity contribution in [3.8, 4) is 94.0 Å². The van der Waals surface area contributed by atoms with Crippen LogP contribution in [0.25, 0.3) is 94.0 Å². The zero-order valence-electron chi connectivity index (χ0n) is 35.5. The second-order valence-electron chi connectivity index (χ2n) is 15.0. The van der Waals surface area contributed by atoms with E-state index in [1.807, 2.05) is 36.4 Å². The summed E-state index contributed by atoms with van der Waals surface area (Å²) in [5.74, 6) is -0.955. The molecule has 0 fully saturated rings. The Hall–Kier alpha value is -6.51. The molecule has 0 radical (unpaired) electrons. The number of ether oxygens (including phenoxy) is 3. The Labute approximate surface area is 405 Å². The lowest BCUT2D eigenvalue weighted by Gasteiger charge is -2.13. The fourth-order valence-electron chi connectivity index (χ4n) is 7.53. The van der Waals surface area contributed by atoms with Crippen LogP contribution in [0.2, 0.25) is 0 Å². The lowest BCUT2D eigenvalue weighted by molar-refractivity contribution is 0.0597. The van der Waals surface area contributed by atoms with E-state index in [1.54, 1.807) is 34.0 Å². The predicted molar refractivity (Wildman–Crippen MR) is 277 cm³/mol. The molecular formula is C54H36O6S6. The smallest absolute Gasteiger partial charge is 0.348 e. The van der Waals surface area contributed by atoms with Gasteiger partial charge in [-0.2, -0.15) is 0 Å². The number of hydrogen-bond acceptors (Lipinski definition) is 12. The Kier molecular flexibility index (Phi) is 12.3. The Bertz CT molecular complexity index is 3000. The van der Waals surface area contributed by atoms with Crippen molar-refractivity contribution in [3.05, 3.63) is 178 Å². The summed E-state index contributed by atoms with van der Waals surface area (Å²) >= 11 is 9.44. The van der Waals surface area contributed by atoms with Gasteiger partial charge in [-0.25, -0.2) is 14.4 Å². The summed E-state index contributed by atoms with van der Waals surface area (Å²) in [6.45, 7) is 0. The van der Waals surface area contributed by atoms with Gasteiger partial charge in [0, 0.05) is 43.9 Å². The first-order valence-electron chi connectivity index (χ1n) is 20.6. The molecule has 0 aliphatic heterocycles. The summed E-state index contributed by atoms with van der Waals surface area (Å²) < 4.78 is 14.7. The molecule has 0 bridgehead atoms. The molecule has 0 atom stereocenters. The van der Waals surface area contributed by atoms with Gasteiger partial charge in [0.1, 0.15) is 14.6 Å². The molecule has 0 N–H and O–H groups in total. The van der Waals surface area contributed by atoms with E-state index in [1.165, 1.54) is 55.3 Å². The summed E-state index contributed by atoms with van der Waals surface area (Å²) in [6.07, 6.45) is 0. The van der Waals surface area contributed by atoms with Crippen LogP contribution in [-0.4, -0.2) is 39.2 Å². The Morgan fingerprint density at radius 1 is 0.258 bits per heavy atom. The zero-order chi connectivity index (χ0) is 45.3. The van der Waals surface area contributed by atoms with Gasteiger partial charge in [0.2, 0.25) is 0 Å². The van der Waals surface area contributed by atoms with Crippen LogP contribution < -0.4 is 0 Å². The quantitative estimate of drug-likeness (QED) is 0.0896. The van der Waals surface area contributed by atoms with Crippen molar-refractivity contribution in [1.29, 1.82) is 0 Å². The lowest BCUT2D eigenvalue weighted by atomic mass is 9.92. The molecule has 10 aromatic rings. The van der Waals surface area contributed by atoms with E-state index in [9.17, 15) is 14.4 Å². The topological polar surface area (TPSA) is 78.9 Å². The number of carbonyl (C=O) groups is 3. The molecule has 0 unspecified atom stereocenters. The van der Waals surface area contributed by atoms with Gasteiger partial charge >= 0.3 is 17.9 Å². The first kappa shape index (κ1) is 43.4. The molecule has 0 aliphatic rings. The number of hydrogen-bond donors (Lipinski definition) is 0. The van der Waals surface area contributed by atoms with Gasteiger partial charge in [-0.15, -0.1) is 68.0 Å². The molecule has 12 heteroatoms. The van der Waals surface area contributed by atoms with Crippen LogP contribution in [0.1, 0.15) is 29.0 Å². The Balaban J connectivity index is 0.949. The summed E-state index contributed by atoms with van der Waals surface area (Å²) in [7, 11) is 4.21. The van der Waals surface area contributed by atoms with Gasteiger partial charge < -0.3 is 14.2 Å². The minimum Gasteiger partial charge on any atom is -0.465 e. The van der Waals surface area contributed by atoms with Crippen LogP contribution in [0.4, 0.5) is 0 Å². The molecule has 324 valence electrons. The summed E-state index contributed by atoms with van der Waals surface area (Å²) in [6, 6.07) is 57.1. The SMILES string of the molecule is COC(=O)c1ccc(-c2ccc(-c3ccc(-c4cc(-c5ccc(-c6ccc(-c7ccc(C(=O)OC)s7)s6)cc5)cc(-c5ccc(-c6ccc(-c7ccc(C(=O)OC)s7)s6)cc5)c4)cc3)s2)s1. The average Bonchev–Trinajstić information content (AvgIpc) is 4.23. The van der Waals surface area contributed by atoms with Crippen molar-refractivity contribution in [2.45, 2.75) is 0 Å². The highest BCUT2D eigenvalue weighted by molar-refractivity contribution is 7.25. The maximum absolute atomic E-state index is 12.1. The molecule has 0 amide bonds. The fourth-order valence-corrected chi connectivity index (χ4v) is 13.6. The third-order valence-electron chi connectivity index (χ3n) is 11.0. The maximum atomic E-state index is 12.1. The fraction of sp³-hybridized carbons (Fsp3) is 0.0556. The molecule has 10 rings (SSSR count). The van der Waals surface area contributed by atoms with Crippen LogP contribution in [0.3, 0.4) is 0 Å². The zero-order valence-corrected chi connectivity index (χ0v) is 40.4. The van der Waals surface area contributed by atoms with Crippen LogP contribution in [-0.2, 0) is 14.2 Å². The first-order valence-corrected chi connectivity index (χ1v) is 25.5. The van der Waals surface area contributed by atoms with Gasteiger partial charge in [0.15, 0.2) is 0 Å². The Morgan fingerprint density at radius 2 is 0.470 bits per heavy atom. The molecule has 0 saturated carbocycles. The minimum absolute atomic E-state index is 0.318. The summed E-state index contributed by atoms with van der Waals surface area (Å²) in [5.41, 5.74) is 10.0. The molecule has 0 saturated heterocycles. The van der Waals surface area contributed by atoms with Crippen LogP contribution in [0.5, 0.6) is 0 Å². The van der Waals surface area contributed by atoms with E-state index in [4.69, 9.17) is 14.2 Å². The number of esters is 3. The summed E-state index contributed by atoms with van der Waals surface area (Å²) in [5, 5.41) is 0. The summed E-state index contributed by atoms with van der Waals surface area (Å²) in [4.78, 5) is 47.9. The van der Waals surface area contributed by atoms with Crippen molar-refractivity contribution in [2.75, 3.05) is 21.3 Å². The van der Waals surface area contributed by atoms with Gasteiger partial charge in [0.05, 0.1) is 21.3 Å². The van der Waals surface area contributed by atoms with Gasteiger partial charge in [-0.1, -0.05) is 72.8 Å². The number of carbonyl (C=O) groups excluding carboxylic acids is 3. The number of benzene rings is 4. The Morgan fingerprint density at radius 3 is 0.727 bits per heavy atom. The third-order valence-corrected chi connectivity index (χ3v) is 18.2. The number of rotatable bonds is 12. The average molecular weight is 973 g/mol. The second-order valence-corrected chi connectivity index (χ2v) is 21.5. The highest BCUT2D eigenvalue weighted by Crippen LogP contribution is 2.43. The molecule has 6 heterocycles. The van der Waals surface area contributed by atoms with Gasteiger partial charge in [-0.3, -0.25) is 0 Å². The van der Waals surface area contributed by atoms with Crippen molar-refractivity contribution in [2.24, 2.45) is 0 Å². The molecule has 6 aromatic heterocycles. The monoisotopic (exact) mass is 972 g/mol. The molecule has 66 heavy (non-hydrogen) atoms. The molecule has 0 spiro atoms. The second kappa shape index (κ2) is 18.8. The molecular weight excluding hydrogens is 937 g/mol. The van der Waals surface area contributed by atoms with Crippen molar-refractivity contribution < 1.29 is 28.6 Å². The molecule has 4 aromatic carbocycles. The number of thiophene rings is 6. The van der Waals surface area contributed by atoms with Crippen LogP contribution >= 0.6 is 68.0 Å². The van der Waals surface area contributed by atoms with Crippen LogP contribution in [0, 0.1) is 0 Å². The predicted octanol–water partition coefficient (Wildman–Crippen LogP) is 16.4. The normalized spacial score (nSPS) is 11.1. The van der Waals surface area contributed by atoms with E-state index in [0.717, 1.165) is 94.0 Å². The number of methoxy groups -OCH3 is 3. The molecule has 6 nitrogen and oxygen atoms in total. The van der Waals surface area contributed by atoms with Gasteiger partial charge in [-0.05, 0) is 141 Å².